The lowest BCUT2D eigenvalue weighted by Crippen LogP contribution is -2.31. The number of hydrogen-bond donors (Lipinski definition) is 3. The highest BCUT2D eigenvalue weighted by Gasteiger charge is 2.27. The summed E-state index contributed by atoms with van der Waals surface area (Å²) in [4.78, 5) is 24.9. The summed E-state index contributed by atoms with van der Waals surface area (Å²) in [7, 11) is 1.54. The number of nitrogens with two attached hydrogens (primary N) is 1. The Morgan fingerprint density at radius 2 is 2.23 bits per heavy atom. The number of aromatic amines is 1. The normalized spacial score (nSPS) is 12.9. The maximum atomic E-state index is 12.3. The Labute approximate surface area is 126 Å². The molecule has 114 valence electrons. The van der Waals surface area contributed by atoms with Crippen molar-refractivity contribution in [1.82, 2.24) is 15.1 Å². The number of carbonyl (C=O) groups is 2. The zero-order chi connectivity index (χ0) is 15.7. The summed E-state index contributed by atoms with van der Waals surface area (Å²) in [6.07, 6.45) is 0. The third kappa shape index (κ3) is 2.46. The molecule has 8 heteroatoms. The molecule has 0 radical (unpaired) electrons. The maximum absolute atomic E-state index is 12.3. The fourth-order valence-electron chi connectivity index (χ4n) is 2.34. The molecular formula is C14H15N5O3. The van der Waals surface area contributed by atoms with Gasteiger partial charge in [-0.1, -0.05) is 6.07 Å². The van der Waals surface area contributed by atoms with E-state index in [4.69, 9.17) is 10.5 Å². The average Bonchev–Trinajstić information content (AvgIpc) is 3.09. The van der Waals surface area contributed by atoms with Crippen molar-refractivity contribution in [2.24, 2.45) is 5.73 Å². The molecule has 4 N–H and O–H groups in total. The van der Waals surface area contributed by atoms with Crippen molar-refractivity contribution in [3.8, 4) is 5.75 Å². The molecule has 1 aromatic carbocycles. The summed E-state index contributed by atoms with van der Waals surface area (Å²) < 4.78 is 5.10. The number of nitrogens with one attached hydrogen (secondary N) is 2. The molecule has 0 fully saturated rings. The van der Waals surface area contributed by atoms with Crippen LogP contribution in [0.3, 0.4) is 0 Å². The van der Waals surface area contributed by atoms with E-state index in [1.165, 1.54) is 12.0 Å². The van der Waals surface area contributed by atoms with Crippen molar-refractivity contribution in [1.29, 1.82) is 0 Å². The second kappa shape index (κ2) is 5.40. The molecule has 1 aliphatic heterocycles. The van der Waals surface area contributed by atoms with Crippen molar-refractivity contribution >= 4 is 17.8 Å². The lowest BCUT2D eigenvalue weighted by Gasteiger charge is -2.12. The second-order valence-corrected chi connectivity index (χ2v) is 4.90. The standard InChI is InChI=1S/C14H15N5O3/c1-22-9-4-2-3-8(5-9)13(20)16-12-10-6-19(14(15)21)7-11(10)17-18-12/h2-5H,6-7H2,1H3,(H2,15,21)(H2,16,17,18,20). The van der Waals surface area contributed by atoms with E-state index in [1.54, 1.807) is 24.3 Å². The Kier molecular flexibility index (Phi) is 3.42. The van der Waals surface area contributed by atoms with Crippen molar-refractivity contribution < 1.29 is 14.3 Å². The lowest BCUT2D eigenvalue weighted by atomic mass is 10.2. The predicted molar refractivity (Wildman–Crippen MR) is 78.4 cm³/mol. The summed E-state index contributed by atoms with van der Waals surface area (Å²) in [6, 6.07) is 6.31. The SMILES string of the molecule is COc1cccc(C(=O)Nc2[nH]nc3c2CN(C(N)=O)C3)c1. The van der Waals surface area contributed by atoms with E-state index in [9.17, 15) is 9.59 Å². The number of aromatic nitrogens is 2. The quantitative estimate of drug-likeness (QED) is 0.786. The first-order chi connectivity index (χ1) is 10.6. The number of H-pyrrole nitrogens is 1. The fourth-order valence-corrected chi connectivity index (χ4v) is 2.34. The Morgan fingerprint density at radius 1 is 1.41 bits per heavy atom. The first-order valence-electron chi connectivity index (χ1n) is 6.64. The van der Waals surface area contributed by atoms with Gasteiger partial charge in [0.15, 0.2) is 0 Å². The minimum absolute atomic E-state index is 0.289. The Hall–Kier alpha value is -3.03. The van der Waals surface area contributed by atoms with Gasteiger partial charge < -0.3 is 20.7 Å². The van der Waals surface area contributed by atoms with Crippen LogP contribution in [0.5, 0.6) is 5.75 Å². The van der Waals surface area contributed by atoms with Gasteiger partial charge >= 0.3 is 6.03 Å². The molecule has 1 aliphatic rings. The molecule has 0 atom stereocenters. The van der Waals surface area contributed by atoms with E-state index in [0.717, 1.165) is 5.56 Å². The largest absolute Gasteiger partial charge is 0.497 e. The molecule has 0 spiro atoms. The van der Waals surface area contributed by atoms with Crippen LogP contribution in [-0.2, 0) is 13.1 Å². The van der Waals surface area contributed by atoms with Crippen LogP contribution >= 0.6 is 0 Å². The van der Waals surface area contributed by atoms with E-state index < -0.39 is 6.03 Å². The summed E-state index contributed by atoms with van der Waals surface area (Å²) >= 11 is 0. The number of nitrogens with zero attached hydrogens (tertiary/aromatic N) is 2. The predicted octanol–water partition coefficient (Wildman–Crippen LogP) is 1.06. The summed E-state index contributed by atoms with van der Waals surface area (Å²) in [6.45, 7) is 0.672. The zero-order valence-corrected chi connectivity index (χ0v) is 11.9. The van der Waals surface area contributed by atoms with Gasteiger partial charge in [-0.3, -0.25) is 9.89 Å². The monoisotopic (exact) mass is 301 g/mol. The van der Waals surface area contributed by atoms with E-state index in [-0.39, 0.29) is 5.91 Å². The molecule has 3 amide bonds. The molecule has 22 heavy (non-hydrogen) atoms. The van der Waals surface area contributed by atoms with Gasteiger partial charge in [-0.05, 0) is 18.2 Å². The third-order valence-electron chi connectivity index (χ3n) is 3.52. The molecular weight excluding hydrogens is 286 g/mol. The van der Waals surface area contributed by atoms with Gasteiger partial charge in [0, 0.05) is 11.1 Å². The number of urea groups is 1. The van der Waals surface area contributed by atoms with Gasteiger partial charge in [0.05, 0.1) is 25.9 Å². The zero-order valence-electron chi connectivity index (χ0n) is 11.9. The number of amides is 3. The molecule has 2 heterocycles. The van der Waals surface area contributed by atoms with Gasteiger partial charge in [0.25, 0.3) is 5.91 Å². The number of methoxy groups -OCH3 is 1. The molecule has 8 nitrogen and oxygen atoms in total. The highest BCUT2D eigenvalue weighted by molar-refractivity contribution is 6.04. The molecule has 2 aromatic rings. The molecule has 0 saturated heterocycles. The van der Waals surface area contributed by atoms with E-state index in [2.05, 4.69) is 15.5 Å². The number of hydrogen-bond acceptors (Lipinski definition) is 4. The van der Waals surface area contributed by atoms with Gasteiger partial charge in [-0.15, -0.1) is 0 Å². The van der Waals surface area contributed by atoms with Crippen LogP contribution in [0.15, 0.2) is 24.3 Å². The number of anilines is 1. The van der Waals surface area contributed by atoms with Crippen molar-refractivity contribution in [2.45, 2.75) is 13.1 Å². The first kappa shape index (κ1) is 13.9. The van der Waals surface area contributed by atoms with Crippen molar-refractivity contribution in [3.63, 3.8) is 0 Å². The van der Waals surface area contributed by atoms with Crippen LogP contribution in [0.25, 0.3) is 0 Å². The maximum Gasteiger partial charge on any atom is 0.315 e. The molecule has 0 aliphatic carbocycles. The highest BCUT2D eigenvalue weighted by Crippen LogP contribution is 2.27. The second-order valence-electron chi connectivity index (χ2n) is 4.90. The lowest BCUT2D eigenvalue weighted by molar-refractivity contribution is 0.102. The Morgan fingerprint density at radius 3 is 2.95 bits per heavy atom. The van der Waals surface area contributed by atoms with Crippen LogP contribution in [0.1, 0.15) is 21.6 Å². The van der Waals surface area contributed by atoms with Gasteiger partial charge in [-0.25, -0.2) is 4.79 Å². The summed E-state index contributed by atoms with van der Waals surface area (Å²) in [5.41, 5.74) is 7.20. The Balaban J connectivity index is 1.78. The van der Waals surface area contributed by atoms with E-state index in [1.807, 2.05) is 0 Å². The van der Waals surface area contributed by atoms with Gasteiger partial charge in [0.2, 0.25) is 0 Å². The van der Waals surface area contributed by atoms with Crippen LogP contribution < -0.4 is 15.8 Å². The van der Waals surface area contributed by atoms with Crippen LogP contribution in [0, 0.1) is 0 Å². The van der Waals surface area contributed by atoms with Crippen LogP contribution in [-0.4, -0.2) is 34.1 Å². The minimum Gasteiger partial charge on any atom is -0.497 e. The van der Waals surface area contributed by atoms with Crippen molar-refractivity contribution in [2.75, 3.05) is 12.4 Å². The van der Waals surface area contributed by atoms with Crippen LogP contribution in [0.4, 0.5) is 10.6 Å². The Bertz CT molecular complexity index is 740. The number of primary amides is 1. The molecule has 0 bridgehead atoms. The number of ether oxygens (including phenoxy) is 1. The summed E-state index contributed by atoms with van der Waals surface area (Å²) in [5.74, 6) is 0.789. The highest BCUT2D eigenvalue weighted by atomic mass is 16.5. The average molecular weight is 301 g/mol. The van der Waals surface area contributed by atoms with Crippen LogP contribution in [0.2, 0.25) is 0 Å². The van der Waals surface area contributed by atoms with E-state index >= 15 is 0 Å². The minimum atomic E-state index is -0.511. The number of benzene rings is 1. The number of carbonyl (C=O) groups excluding carboxylic acids is 2. The first-order valence-corrected chi connectivity index (χ1v) is 6.64. The summed E-state index contributed by atoms with van der Waals surface area (Å²) in [5, 5.41) is 9.63. The molecule has 3 rings (SSSR count). The smallest absolute Gasteiger partial charge is 0.315 e. The van der Waals surface area contributed by atoms with Gasteiger partial charge in [0.1, 0.15) is 11.6 Å². The molecule has 0 saturated carbocycles. The number of fused-ring (bicyclic) bond motifs is 1. The third-order valence-corrected chi connectivity index (χ3v) is 3.52. The molecule has 1 aromatic heterocycles. The number of rotatable bonds is 3. The fraction of sp³-hybridized carbons (Fsp3) is 0.214. The topological polar surface area (TPSA) is 113 Å². The van der Waals surface area contributed by atoms with Gasteiger partial charge in [-0.2, -0.15) is 5.10 Å². The molecule has 0 unspecified atom stereocenters. The van der Waals surface area contributed by atoms with E-state index in [0.29, 0.717) is 35.9 Å². The van der Waals surface area contributed by atoms with Crippen molar-refractivity contribution in [3.05, 3.63) is 41.1 Å².